The Hall–Kier alpha value is -1.85. The van der Waals surface area contributed by atoms with E-state index in [1.807, 2.05) is 12.1 Å². The van der Waals surface area contributed by atoms with Crippen LogP contribution in [0.4, 0.5) is 0 Å². The van der Waals surface area contributed by atoms with Crippen molar-refractivity contribution in [1.82, 2.24) is 4.98 Å². The number of esters is 1. The van der Waals surface area contributed by atoms with Crippen LogP contribution in [0.1, 0.15) is 4.88 Å². The monoisotopic (exact) mass is 309 g/mol. The number of rotatable bonds is 4. The molecule has 1 aromatic heterocycles. The lowest BCUT2D eigenvalue weighted by Gasteiger charge is -2.03. The van der Waals surface area contributed by atoms with E-state index in [9.17, 15) is 4.79 Å². The van der Waals surface area contributed by atoms with Gasteiger partial charge in [-0.1, -0.05) is 11.6 Å². The highest BCUT2D eigenvalue weighted by Crippen LogP contribution is 2.33. The fourth-order valence-corrected chi connectivity index (χ4v) is 2.68. The van der Waals surface area contributed by atoms with Crippen LogP contribution in [0.5, 0.6) is 5.75 Å². The summed E-state index contributed by atoms with van der Waals surface area (Å²) in [7, 11) is 2.92. The fraction of sp³-hybridized carbons (Fsp3) is 0.143. The van der Waals surface area contributed by atoms with Crippen LogP contribution in [0.25, 0.3) is 16.6 Å². The molecule has 0 radical (unpaired) electrons. The second-order valence-electron chi connectivity index (χ2n) is 3.77. The van der Waals surface area contributed by atoms with E-state index in [0.29, 0.717) is 10.8 Å². The maximum Gasteiger partial charge on any atom is 0.330 e. The van der Waals surface area contributed by atoms with Crippen LogP contribution in [0.2, 0.25) is 5.02 Å². The zero-order valence-corrected chi connectivity index (χ0v) is 12.5. The molecule has 0 aliphatic heterocycles. The van der Waals surface area contributed by atoms with Gasteiger partial charge in [-0.25, -0.2) is 9.78 Å². The standard InChI is InChI=1S/C14H12ClNO3S/c1-18-9-3-5-11(12(15)7-9)14-16-8-10(20-14)4-6-13(17)19-2/h3-8H,1-2H3. The number of hydrogen-bond acceptors (Lipinski definition) is 5. The highest BCUT2D eigenvalue weighted by atomic mass is 35.5. The fourth-order valence-electron chi connectivity index (χ4n) is 1.50. The van der Waals surface area contributed by atoms with Gasteiger partial charge in [0.2, 0.25) is 0 Å². The quantitative estimate of drug-likeness (QED) is 0.639. The Bertz CT molecular complexity index is 652. The van der Waals surface area contributed by atoms with Crippen molar-refractivity contribution in [2.24, 2.45) is 0 Å². The Balaban J connectivity index is 2.24. The van der Waals surface area contributed by atoms with E-state index in [4.69, 9.17) is 16.3 Å². The number of thiazole rings is 1. The molecule has 0 spiro atoms. The number of carbonyl (C=O) groups is 1. The molecule has 0 saturated heterocycles. The lowest BCUT2D eigenvalue weighted by atomic mass is 10.2. The van der Waals surface area contributed by atoms with Crippen LogP contribution >= 0.6 is 22.9 Å². The molecule has 0 aliphatic rings. The van der Waals surface area contributed by atoms with Gasteiger partial charge in [0.25, 0.3) is 0 Å². The highest BCUT2D eigenvalue weighted by Gasteiger charge is 2.09. The number of methoxy groups -OCH3 is 2. The minimum absolute atomic E-state index is 0.401. The summed E-state index contributed by atoms with van der Waals surface area (Å²) in [5.74, 6) is 0.295. The van der Waals surface area contributed by atoms with Crippen LogP contribution in [0.15, 0.2) is 30.5 Å². The number of halogens is 1. The predicted octanol–water partition coefficient (Wildman–Crippen LogP) is 3.66. The first-order chi connectivity index (χ1) is 9.63. The number of hydrogen-bond donors (Lipinski definition) is 0. The van der Waals surface area contributed by atoms with Crippen molar-refractivity contribution in [3.05, 3.63) is 40.4 Å². The van der Waals surface area contributed by atoms with E-state index in [-0.39, 0.29) is 0 Å². The van der Waals surface area contributed by atoms with E-state index in [1.165, 1.54) is 24.5 Å². The largest absolute Gasteiger partial charge is 0.497 e. The third kappa shape index (κ3) is 3.37. The number of nitrogens with zero attached hydrogens (tertiary/aromatic N) is 1. The second-order valence-corrected chi connectivity index (χ2v) is 5.24. The molecule has 2 aromatic rings. The van der Waals surface area contributed by atoms with Gasteiger partial charge in [-0.3, -0.25) is 0 Å². The van der Waals surface area contributed by atoms with E-state index in [2.05, 4.69) is 9.72 Å². The second kappa shape index (κ2) is 6.54. The van der Waals surface area contributed by atoms with E-state index in [1.54, 1.807) is 25.4 Å². The van der Waals surface area contributed by atoms with Crippen molar-refractivity contribution >= 4 is 35.0 Å². The summed E-state index contributed by atoms with van der Waals surface area (Å²) in [5, 5.41) is 1.35. The summed E-state index contributed by atoms with van der Waals surface area (Å²) < 4.78 is 9.64. The molecule has 1 heterocycles. The number of benzene rings is 1. The first-order valence-corrected chi connectivity index (χ1v) is 6.89. The molecule has 0 N–H and O–H groups in total. The smallest absolute Gasteiger partial charge is 0.330 e. The van der Waals surface area contributed by atoms with Crippen molar-refractivity contribution < 1.29 is 14.3 Å². The summed E-state index contributed by atoms with van der Waals surface area (Å²) in [6.07, 6.45) is 4.69. The van der Waals surface area contributed by atoms with Gasteiger partial charge < -0.3 is 9.47 Å². The van der Waals surface area contributed by atoms with Crippen LogP contribution in [0, 0.1) is 0 Å². The summed E-state index contributed by atoms with van der Waals surface area (Å²) in [6.45, 7) is 0. The molecule has 0 saturated carbocycles. The van der Waals surface area contributed by atoms with Crippen molar-refractivity contribution in [2.75, 3.05) is 14.2 Å². The summed E-state index contributed by atoms with van der Waals surface area (Å²) in [6, 6.07) is 5.42. The maximum atomic E-state index is 11.0. The van der Waals surface area contributed by atoms with Crippen LogP contribution in [-0.4, -0.2) is 25.2 Å². The molecule has 6 heteroatoms. The van der Waals surface area contributed by atoms with E-state index < -0.39 is 5.97 Å². The number of aromatic nitrogens is 1. The zero-order valence-electron chi connectivity index (χ0n) is 10.9. The van der Waals surface area contributed by atoms with Gasteiger partial charge in [0.05, 0.1) is 19.2 Å². The topological polar surface area (TPSA) is 48.4 Å². The maximum absolute atomic E-state index is 11.0. The lowest BCUT2D eigenvalue weighted by molar-refractivity contribution is -0.134. The zero-order chi connectivity index (χ0) is 14.5. The Morgan fingerprint density at radius 3 is 2.85 bits per heavy atom. The van der Waals surface area contributed by atoms with Gasteiger partial charge in [-0.15, -0.1) is 11.3 Å². The normalized spacial score (nSPS) is 10.8. The molecular weight excluding hydrogens is 298 g/mol. The molecule has 0 atom stereocenters. The molecule has 2 rings (SSSR count). The third-order valence-corrected chi connectivity index (χ3v) is 3.82. The Kier molecular flexibility index (Phi) is 4.76. The average molecular weight is 310 g/mol. The van der Waals surface area contributed by atoms with E-state index >= 15 is 0 Å². The highest BCUT2D eigenvalue weighted by molar-refractivity contribution is 7.15. The molecule has 0 bridgehead atoms. The predicted molar refractivity (Wildman–Crippen MR) is 80.2 cm³/mol. The first-order valence-electron chi connectivity index (χ1n) is 5.70. The van der Waals surface area contributed by atoms with Gasteiger partial charge in [0.15, 0.2) is 0 Å². The average Bonchev–Trinajstić information content (AvgIpc) is 2.93. The van der Waals surface area contributed by atoms with Gasteiger partial charge in [0, 0.05) is 22.7 Å². The molecule has 0 aliphatic carbocycles. The third-order valence-electron chi connectivity index (χ3n) is 2.52. The van der Waals surface area contributed by atoms with Crippen molar-refractivity contribution in [3.8, 4) is 16.3 Å². The minimum Gasteiger partial charge on any atom is -0.497 e. The molecule has 1 aromatic carbocycles. The van der Waals surface area contributed by atoms with Crippen molar-refractivity contribution in [1.29, 1.82) is 0 Å². The van der Waals surface area contributed by atoms with Crippen LogP contribution in [0.3, 0.4) is 0 Å². The van der Waals surface area contributed by atoms with Crippen LogP contribution in [-0.2, 0) is 9.53 Å². The Labute approximate surface area is 125 Å². The minimum atomic E-state index is -0.401. The SMILES string of the molecule is COC(=O)C=Cc1cnc(-c2ccc(OC)cc2Cl)s1. The summed E-state index contributed by atoms with van der Waals surface area (Å²) in [4.78, 5) is 16.2. The van der Waals surface area contributed by atoms with Gasteiger partial charge in [-0.2, -0.15) is 0 Å². The molecule has 0 fully saturated rings. The van der Waals surface area contributed by atoms with Crippen molar-refractivity contribution in [3.63, 3.8) is 0 Å². The van der Waals surface area contributed by atoms with Crippen molar-refractivity contribution in [2.45, 2.75) is 0 Å². The van der Waals surface area contributed by atoms with Crippen LogP contribution < -0.4 is 4.74 Å². The number of ether oxygens (including phenoxy) is 2. The number of carbonyl (C=O) groups excluding carboxylic acids is 1. The Morgan fingerprint density at radius 1 is 1.40 bits per heavy atom. The molecule has 0 unspecified atom stereocenters. The van der Waals surface area contributed by atoms with Gasteiger partial charge in [0.1, 0.15) is 10.8 Å². The Morgan fingerprint density at radius 2 is 2.20 bits per heavy atom. The lowest BCUT2D eigenvalue weighted by Crippen LogP contribution is -1.92. The first kappa shape index (κ1) is 14.6. The molecule has 104 valence electrons. The molecular formula is C14H12ClNO3S. The van der Waals surface area contributed by atoms with Gasteiger partial charge in [-0.05, 0) is 24.3 Å². The molecule has 20 heavy (non-hydrogen) atoms. The van der Waals surface area contributed by atoms with E-state index in [0.717, 1.165) is 15.4 Å². The molecule has 0 amide bonds. The molecule has 4 nitrogen and oxygen atoms in total. The van der Waals surface area contributed by atoms with Gasteiger partial charge >= 0.3 is 5.97 Å². The summed E-state index contributed by atoms with van der Waals surface area (Å²) in [5.41, 5.74) is 0.829. The summed E-state index contributed by atoms with van der Waals surface area (Å²) >= 11 is 7.63.